The molecule has 2 aromatic heterocycles. The number of hydrogen-bond donors (Lipinski definition) is 1. The van der Waals surface area contributed by atoms with Gasteiger partial charge in [-0.15, -0.1) is 10.2 Å². The summed E-state index contributed by atoms with van der Waals surface area (Å²) < 4.78 is 25.7. The van der Waals surface area contributed by atoms with Crippen LogP contribution in [0.2, 0.25) is 0 Å². The number of nitrogens with zero attached hydrogens (tertiary/aromatic N) is 4. The summed E-state index contributed by atoms with van der Waals surface area (Å²) in [4.78, 5) is 12.0. The van der Waals surface area contributed by atoms with Crippen molar-refractivity contribution in [2.45, 2.75) is 24.7 Å². The highest BCUT2D eigenvalue weighted by Gasteiger charge is 2.27. The second-order valence-electron chi connectivity index (χ2n) is 7.65. The zero-order valence-electron chi connectivity index (χ0n) is 17.9. The Morgan fingerprint density at radius 2 is 1.79 bits per heavy atom. The molecule has 33 heavy (non-hydrogen) atoms. The van der Waals surface area contributed by atoms with Gasteiger partial charge in [0.15, 0.2) is 20.5 Å². The van der Waals surface area contributed by atoms with Crippen molar-refractivity contribution in [2.24, 2.45) is 0 Å². The quantitative estimate of drug-likeness (QED) is 0.359. The van der Waals surface area contributed by atoms with Crippen molar-refractivity contribution in [2.75, 3.05) is 6.26 Å². The molecule has 0 atom stereocenters. The molecule has 0 unspecified atom stereocenters. The SMILES string of the molecule is CC(C)c1ccccc1-n1nc(C(=O)O)c(Br)c1-c1nnc(-c2cccc(S(C)(=O)=O)c2)s1. The smallest absolute Gasteiger partial charge is 0.357 e. The second kappa shape index (κ2) is 8.81. The van der Waals surface area contributed by atoms with Crippen LogP contribution < -0.4 is 0 Å². The van der Waals surface area contributed by atoms with E-state index in [1.54, 1.807) is 22.9 Å². The van der Waals surface area contributed by atoms with Crippen LogP contribution >= 0.6 is 27.3 Å². The molecule has 4 rings (SSSR count). The fourth-order valence-electron chi connectivity index (χ4n) is 3.36. The molecule has 11 heteroatoms. The summed E-state index contributed by atoms with van der Waals surface area (Å²) >= 11 is 4.62. The van der Waals surface area contributed by atoms with Crippen LogP contribution in [0.5, 0.6) is 0 Å². The van der Waals surface area contributed by atoms with Crippen molar-refractivity contribution in [1.82, 2.24) is 20.0 Å². The lowest BCUT2D eigenvalue weighted by atomic mass is 10.0. The van der Waals surface area contributed by atoms with Crippen LogP contribution in [0.1, 0.15) is 35.8 Å². The van der Waals surface area contributed by atoms with E-state index >= 15 is 0 Å². The number of carboxylic acids is 1. The van der Waals surface area contributed by atoms with Gasteiger partial charge < -0.3 is 5.11 Å². The molecule has 0 aliphatic rings. The van der Waals surface area contributed by atoms with Crippen LogP contribution in [0, 0.1) is 0 Å². The van der Waals surface area contributed by atoms with E-state index in [2.05, 4.69) is 31.2 Å². The number of benzene rings is 2. The van der Waals surface area contributed by atoms with Gasteiger partial charge in [0.05, 0.1) is 15.1 Å². The van der Waals surface area contributed by atoms with E-state index in [-0.39, 0.29) is 16.5 Å². The lowest BCUT2D eigenvalue weighted by molar-refractivity contribution is 0.0689. The topological polar surface area (TPSA) is 115 Å². The van der Waals surface area contributed by atoms with E-state index in [0.717, 1.165) is 17.5 Å². The summed E-state index contributed by atoms with van der Waals surface area (Å²) in [5, 5.41) is 23.5. The lowest BCUT2D eigenvalue weighted by Gasteiger charge is -2.14. The number of carboxylic acid groups (broad SMARTS) is 1. The normalized spacial score (nSPS) is 11.8. The number of para-hydroxylation sites is 1. The number of hydrogen-bond acceptors (Lipinski definition) is 7. The fraction of sp³-hybridized carbons (Fsp3) is 0.182. The molecule has 0 aliphatic carbocycles. The third-order valence-electron chi connectivity index (χ3n) is 4.95. The van der Waals surface area contributed by atoms with Gasteiger partial charge in [0.1, 0.15) is 10.7 Å². The minimum absolute atomic E-state index is 0.139. The largest absolute Gasteiger partial charge is 0.476 e. The number of aromatic nitrogens is 4. The highest BCUT2D eigenvalue weighted by Crippen LogP contribution is 2.38. The molecule has 1 N–H and O–H groups in total. The van der Waals surface area contributed by atoms with Crippen LogP contribution in [0.15, 0.2) is 57.9 Å². The Morgan fingerprint density at radius 1 is 1.09 bits per heavy atom. The minimum atomic E-state index is -3.38. The Morgan fingerprint density at radius 3 is 2.45 bits per heavy atom. The molecular weight excluding hydrogens is 528 g/mol. The van der Waals surface area contributed by atoms with E-state index < -0.39 is 15.8 Å². The van der Waals surface area contributed by atoms with Crippen LogP contribution in [0.3, 0.4) is 0 Å². The first-order valence-electron chi connectivity index (χ1n) is 9.83. The van der Waals surface area contributed by atoms with Gasteiger partial charge in [0.25, 0.3) is 0 Å². The molecule has 8 nitrogen and oxygen atoms in total. The summed E-state index contributed by atoms with van der Waals surface area (Å²) in [5.74, 6) is -0.997. The predicted octanol–water partition coefficient (Wildman–Crippen LogP) is 5.05. The maximum Gasteiger partial charge on any atom is 0.357 e. The second-order valence-corrected chi connectivity index (χ2v) is 11.4. The van der Waals surface area contributed by atoms with Gasteiger partial charge in [-0.25, -0.2) is 17.9 Å². The van der Waals surface area contributed by atoms with Gasteiger partial charge in [0.2, 0.25) is 0 Å². The first kappa shape index (κ1) is 23.3. The third-order valence-corrected chi connectivity index (χ3v) is 7.79. The number of carbonyl (C=O) groups is 1. The number of rotatable bonds is 6. The molecule has 0 amide bonds. The molecular formula is C22H19BrN4O4S2. The summed E-state index contributed by atoms with van der Waals surface area (Å²) in [5.41, 5.74) is 2.66. The Balaban J connectivity index is 1.90. The van der Waals surface area contributed by atoms with Crippen molar-refractivity contribution >= 4 is 43.1 Å². The summed E-state index contributed by atoms with van der Waals surface area (Å²) in [6, 6.07) is 14.1. The molecule has 4 aromatic rings. The molecule has 0 saturated heterocycles. The van der Waals surface area contributed by atoms with Gasteiger partial charge in [-0.2, -0.15) is 5.10 Å². The zero-order chi connectivity index (χ0) is 23.9. The molecule has 2 heterocycles. The average molecular weight is 547 g/mol. The number of aromatic carboxylic acids is 1. The van der Waals surface area contributed by atoms with Crippen LogP contribution in [0.4, 0.5) is 0 Å². The van der Waals surface area contributed by atoms with Gasteiger partial charge in [-0.05, 0) is 45.6 Å². The molecule has 0 aliphatic heterocycles. The molecule has 2 aromatic carbocycles. The lowest BCUT2D eigenvalue weighted by Crippen LogP contribution is -2.06. The van der Waals surface area contributed by atoms with Gasteiger partial charge in [0, 0.05) is 11.8 Å². The minimum Gasteiger partial charge on any atom is -0.476 e. The summed E-state index contributed by atoms with van der Waals surface area (Å²) in [7, 11) is -3.38. The Bertz CT molecular complexity index is 1480. The van der Waals surface area contributed by atoms with Crippen molar-refractivity contribution in [3.63, 3.8) is 0 Å². The van der Waals surface area contributed by atoms with Crippen molar-refractivity contribution in [3.05, 3.63) is 64.3 Å². The Hall–Kier alpha value is -2.89. The highest BCUT2D eigenvalue weighted by molar-refractivity contribution is 9.10. The first-order chi connectivity index (χ1) is 15.6. The summed E-state index contributed by atoms with van der Waals surface area (Å²) in [6.07, 6.45) is 1.15. The van der Waals surface area contributed by atoms with E-state index in [1.807, 2.05) is 38.1 Å². The van der Waals surface area contributed by atoms with Crippen molar-refractivity contribution in [3.8, 4) is 27.0 Å². The van der Waals surface area contributed by atoms with Crippen LogP contribution in [-0.2, 0) is 9.84 Å². The van der Waals surface area contributed by atoms with Crippen molar-refractivity contribution in [1.29, 1.82) is 0 Å². The van der Waals surface area contributed by atoms with Gasteiger partial charge in [-0.1, -0.05) is 55.5 Å². The molecule has 0 fully saturated rings. The van der Waals surface area contributed by atoms with Gasteiger partial charge >= 0.3 is 5.97 Å². The monoisotopic (exact) mass is 546 g/mol. The third kappa shape index (κ3) is 4.48. The van der Waals surface area contributed by atoms with E-state index in [4.69, 9.17) is 0 Å². The predicted molar refractivity (Wildman–Crippen MR) is 130 cm³/mol. The average Bonchev–Trinajstić information content (AvgIpc) is 3.37. The zero-order valence-corrected chi connectivity index (χ0v) is 21.1. The molecule has 0 spiro atoms. The molecule has 0 bridgehead atoms. The van der Waals surface area contributed by atoms with Crippen molar-refractivity contribution < 1.29 is 18.3 Å². The number of sulfone groups is 1. The fourth-order valence-corrected chi connectivity index (χ4v) is 5.64. The molecule has 0 saturated carbocycles. The summed E-state index contributed by atoms with van der Waals surface area (Å²) in [6.45, 7) is 4.10. The van der Waals surface area contributed by atoms with Crippen LogP contribution in [0.25, 0.3) is 27.0 Å². The van der Waals surface area contributed by atoms with E-state index in [9.17, 15) is 18.3 Å². The maximum absolute atomic E-state index is 11.9. The maximum atomic E-state index is 11.9. The standard InChI is InChI=1S/C22H19BrN4O4S2/c1-12(2)15-9-4-5-10-16(15)27-19(17(23)18(26-27)22(28)29)21-25-24-20(32-21)13-7-6-8-14(11-13)33(3,30)31/h4-12H,1-3H3,(H,28,29). The van der Waals surface area contributed by atoms with E-state index in [1.165, 1.54) is 17.4 Å². The van der Waals surface area contributed by atoms with Gasteiger partial charge in [-0.3, -0.25) is 0 Å². The number of halogens is 1. The highest BCUT2D eigenvalue weighted by atomic mass is 79.9. The Kier molecular flexibility index (Phi) is 6.21. The van der Waals surface area contributed by atoms with Crippen LogP contribution in [-0.4, -0.2) is 45.7 Å². The molecule has 0 radical (unpaired) electrons. The van der Waals surface area contributed by atoms with E-state index in [0.29, 0.717) is 25.7 Å². The Labute approximate surface area is 203 Å². The molecule has 170 valence electrons. The first-order valence-corrected chi connectivity index (χ1v) is 13.3.